The van der Waals surface area contributed by atoms with Gasteiger partial charge in [-0.25, -0.2) is 16.8 Å². The molecule has 0 saturated carbocycles. The first-order chi connectivity index (χ1) is 13.2. The summed E-state index contributed by atoms with van der Waals surface area (Å²) in [7, 11) is -7.73. The van der Waals surface area contributed by atoms with Crippen LogP contribution in [0.3, 0.4) is 0 Å². The number of primary amides is 1. The van der Waals surface area contributed by atoms with Crippen molar-refractivity contribution in [2.45, 2.75) is 9.79 Å². The molecule has 1 saturated heterocycles. The molecule has 1 aliphatic rings. The molecule has 0 bridgehead atoms. The molecule has 3 N–H and O–H groups in total. The molecule has 0 aliphatic carbocycles. The molecular formula is C17H19N3O6S2. The molecule has 0 atom stereocenters. The highest BCUT2D eigenvalue weighted by atomic mass is 32.2. The van der Waals surface area contributed by atoms with Gasteiger partial charge in [0.1, 0.15) is 0 Å². The van der Waals surface area contributed by atoms with Crippen LogP contribution in [0.2, 0.25) is 0 Å². The number of sulfonamides is 2. The second-order valence-corrected chi connectivity index (χ2v) is 9.66. The van der Waals surface area contributed by atoms with E-state index in [2.05, 4.69) is 4.72 Å². The zero-order valence-electron chi connectivity index (χ0n) is 14.7. The van der Waals surface area contributed by atoms with Crippen molar-refractivity contribution in [3.63, 3.8) is 0 Å². The van der Waals surface area contributed by atoms with E-state index in [1.807, 2.05) is 0 Å². The molecule has 28 heavy (non-hydrogen) atoms. The minimum atomic E-state index is -3.97. The fraction of sp³-hybridized carbons (Fsp3) is 0.235. The fourth-order valence-corrected chi connectivity index (χ4v) is 5.17. The van der Waals surface area contributed by atoms with Gasteiger partial charge in [-0.1, -0.05) is 6.07 Å². The third-order valence-corrected chi connectivity index (χ3v) is 7.44. The van der Waals surface area contributed by atoms with Crippen molar-refractivity contribution in [1.29, 1.82) is 0 Å². The molecule has 9 nitrogen and oxygen atoms in total. The molecule has 11 heteroatoms. The topological polar surface area (TPSA) is 136 Å². The Bertz CT molecular complexity index is 1080. The predicted octanol–water partition coefficient (Wildman–Crippen LogP) is 0.607. The van der Waals surface area contributed by atoms with Gasteiger partial charge in [-0.3, -0.25) is 9.52 Å². The SMILES string of the molecule is NC(=O)c1ccc(S(=O)(=O)Nc2cccc(S(=O)(=O)N3CCOCC3)c2)cc1. The maximum absolute atomic E-state index is 12.7. The van der Waals surface area contributed by atoms with Gasteiger partial charge < -0.3 is 10.5 Å². The van der Waals surface area contributed by atoms with Gasteiger partial charge in [0, 0.05) is 18.7 Å². The molecule has 0 aromatic heterocycles. The molecule has 0 radical (unpaired) electrons. The lowest BCUT2D eigenvalue weighted by Gasteiger charge is -2.26. The van der Waals surface area contributed by atoms with Gasteiger partial charge in [0.05, 0.1) is 28.7 Å². The number of hydrogen-bond acceptors (Lipinski definition) is 6. The van der Waals surface area contributed by atoms with E-state index in [9.17, 15) is 21.6 Å². The fourth-order valence-electron chi connectivity index (χ4n) is 2.67. The summed E-state index contributed by atoms with van der Waals surface area (Å²) in [5.41, 5.74) is 5.43. The summed E-state index contributed by atoms with van der Waals surface area (Å²) in [6, 6.07) is 10.7. The number of anilines is 1. The Morgan fingerprint density at radius 3 is 2.21 bits per heavy atom. The van der Waals surface area contributed by atoms with Crippen LogP contribution in [0, 0.1) is 0 Å². The van der Waals surface area contributed by atoms with E-state index in [0.717, 1.165) is 0 Å². The summed E-state index contributed by atoms with van der Waals surface area (Å²) >= 11 is 0. The van der Waals surface area contributed by atoms with Crippen LogP contribution in [0.4, 0.5) is 5.69 Å². The van der Waals surface area contributed by atoms with Gasteiger partial charge in [0.15, 0.2) is 0 Å². The minimum absolute atomic E-state index is 0.0151. The first-order valence-corrected chi connectivity index (χ1v) is 11.2. The summed E-state index contributed by atoms with van der Waals surface area (Å²) in [6.45, 7) is 1.11. The maximum atomic E-state index is 12.7. The highest BCUT2D eigenvalue weighted by Crippen LogP contribution is 2.23. The average Bonchev–Trinajstić information content (AvgIpc) is 2.68. The molecule has 1 amide bonds. The van der Waals surface area contributed by atoms with Crippen LogP contribution in [0.5, 0.6) is 0 Å². The van der Waals surface area contributed by atoms with Crippen LogP contribution in [0.15, 0.2) is 58.3 Å². The average molecular weight is 425 g/mol. The van der Waals surface area contributed by atoms with Crippen molar-refractivity contribution in [2.24, 2.45) is 5.73 Å². The first-order valence-electron chi connectivity index (χ1n) is 8.31. The number of morpholine rings is 1. The van der Waals surface area contributed by atoms with Crippen molar-refractivity contribution >= 4 is 31.6 Å². The molecule has 2 aromatic rings. The zero-order valence-corrected chi connectivity index (χ0v) is 16.4. The lowest BCUT2D eigenvalue weighted by Crippen LogP contribution is -2.40. The van der Waals surface area contributed by atoms with E-state index in [0.29, 0.717) is 13.2 Å². The molecule has 0 spiro atoms. The Balaban J connectivity index is 1.84. The Morgan fingerprint density at radius 2 is 1.61 bits per heavy atom. The Labute approximate surface area is 163 Å². The van der Waals surface area contributed by atoms with Crippen molar-refractivity contribution < 1.29 is 26.4 Å². The number of carbonyl (C=O) groups is 1. The van der Waals surface area contributed by atoms with E-state index in [1.54, 1.807) is 0 Å². The van der Waals surface area contributed by atoms with Gasteiger partial charge in [-0.15, -0.1) is 0 Å². The van der Waals surface area contributed by atoms with Crippen LogP contribution in [0.25, 0.3) is 0 Å². The maximum Gasteiger partial charge on any atom is 0.261 e. The van der Waals surface area contributed by atoms with E-state index in [1.165, 1.54) is 52.8 Å². The molecule has 1 fully saturated rings. The lowest BCUT2D eigenvalue weighted by molar-refractivity contribution is 0.0730. The molecule has 3 rings (SSSR count). The highest BCUT2D eigenvalue weighted by molar-refractivity contribution is 7.92. The van der Waals surface area contributed by atoms with Crippen molar-refractivity contribution in [1.82, 2.24) is 4.31 Å². The summed E-state index contributed by atoms with van der Waals surface area (Å²) in [6.07, 6.45) is 0. The minimum Gasteiger partial charge on any atom is -0.379 e. The van der Waals surface area contributed by atoms with Crippen LogP contribution >= 0.6 is 0 Å². The number of amides is 1. The molecule has 2 aromatic carbocycles. The van der Waals surface area contributed by atoms with E-state index in [4.69, 9.17) is 10.5 Å². The largest absolute Gasteiger partial charge is 0.379 e. The molecular weight excluding hydrogens is 406 g/mol. The second kappa shape index (κ2) is 7.87. The number of benzene rings is 2. The quantitative estimate of drug-likeness (QED) is 0.696. The molecule has 1 heterocycles. The second-order valence-electron chi connectivity index (χ2n) is 6.04. The number of nitrogens with zero attached hydrogens (tertiary/aromatic N) is 1. The van der Waals surface area contributed by atoms with Crippen molar-refractivity contribution in [3.05, 3.63) is 54.1 Å². The number of hydrogen-bond donors (Lipinski definition) is 2. The number of ether oxygens (including phenoxy) is 1. The number of carbonyl (C=O) groups excluding carboxylic acids is 1. The first kappa shape index (κ1) is 20.3. The van der Waals surface area contributed by atoms with E-state index >= 15 is 0 Å². The summed E-state index contributed by atoms with van der Waals surface area (Å²) in [5.74, 6) is -0.669. The van der Waals surface area contributed by atoms with Gasteiger partial charge in [0.25, 0.3) is 10.0 Å². The number of rotatable bonds is 6. The molecule has 0 unspecified atom stereocenters. The number of nitrogens with two attached hydrogens (primary N) is 1. The van der Waals surface area contributed by atoms with Crippen LogP contribution in [0.1, 0.15) is 10.4 Å². The standard InChI is InChI=1S/C17H19N3O6S2/c18-17(21)13-4-6-15(7-5-13)27(22,23)19-14-2-1-3-16(12-14)28(24,25)20-8-10-26-11-9-20/h1-7,12,19H,8-11H2,(H2,18,21). The third kappa shape index (κ3) is 4.33. The normalized spacial score (nSPS) is 15.9. The smallest absolute Gasteiger partial charge is 0.261 e. The molecule has 150 valence electrons. The summed E-state index contributed by atoms with van der Waals surface area (Å²) < 4.78 is 59.3. The Hall–Kier alpha value is -2.47. The lowest BCUT2D eigenvalue weighted by atomic mass is 10.2. The Kier molecular flexibility index (Phi) is 5.70. The van der Waals surface area contributed by atoms with Crippen LogP contribution < -0.4 is 10.5 Å². The van der Waals surface area contributed by atoms with E-state index < -0.39 is 26.0 Å². The monoisotopic (exact) mass is 425 g/mol. The van der Waals surface area contributed by atoms with Crippen molar-refractivity contribution in [3.8, 4) is 0 Å². The third-order valence-electron chi connectivity index (χ3n) is 4.14. The van der Waals surface area contributed by atoms with E-state index in [-0.39, 0.29) is 34.1 Å². The zero-order chi connectivity index (χ0) is 20.4. The van der Waals surface area contributed by atoms with Gasteiger partial charge in [0.2, 0.25) is 15.9 Å². The highest BCUT2D eigenvalue weighted by Gasteiger charge is 2.26. The predicted molar refractivity (Wildman–Crippen MR) is 102 cm³/mol. The summed E-state index contributed by atoms with van der Waals surface area (Å²) in [4.78, 5) is 11.0. The Morgan fingerprint density at radius 1 is 0.964 bits per heavy atom. The summed E-state index contributed by atoms with van der Waals surface area (Å²) in [5, 5.41) is 0. The van der Waals surface area contributed by atoms with Gasteiger partial charge in [-0.2, -0.15) is 4.31 Å². The number of nitrogens with one attached hydrogen (secondary N) is 1. The van der Waals surface area contributed by atoms with Crippen LogP contribution in [-0.4, -0.2) is 53.4 Å². The van der Waals surface area contributed by atoms with Gasteiger partial charge >= 0.3 is 0 Å². The van der Waals surface area contributed by atoms with Gasteiger partial charge in [-0.05, 0) is 42.5 Å². The molecule has 1 aliphatic heterocycles. The van der Waals surface area contributed by atoms with Crippen LogP contribution in [-0.2, 0) is 24.8 Å². The van der Waals surface area contributed by atoms with Crippen molar-refractivity contribution in [2.75, 3.05) is 31.0 Å².